The Kier molecular flexibility index (Phi) is 8.01. The molecular weight excluding hydrogens is 438 g/mol. The lowest BCUT2D eigenvalue weighted by molar-refractivity contribution is -0.142. The third-order valence-electron chi connectivity index (χ3n) is 4.21. The Labute approximate surface area is 188 Å². The highest BCUT2D eigenvalue weighted by Crippen LogP contribution is 2.20. The maximum Gasteiger partial charge on any atom is 0.311 e. The minimum absolute atomic E-state index is 0.0882. The highest BCUT2D eigenvalue weighted by molar-refractivity contribution is 7.99. The Bertz CT molecular complexity index is 1030. The number of nitrogens with zero attached hydrogens (tertiary/aromatic N) is 4. The molecule has 1 amide bonds. The number of anilines is 1. The summed E-state index contributed by atoms with van der Waals surface area (Å²) in [4.78, 5) is 28.0. The Balaban J connectivity index is 1.50. The largest absolute Gasteiger partial charge is 0.497 e. The minimum atomic E-state index is -0.339. The summed E-state index contributed by atoms with van der Waals surface area (Å²) in [5.74, 6) is 1.23. The molecule has 0 aliphatic rings. The average Bonchev–Trinajstić information content (AvgIpc) is 3.33. The van der Waals surface area contributed by atoms with E-state index in [0.717, 1.165) is 17.1 Å². The molecule has 0 spiro atoms. The van der Waals surface area contributed by atoms with E-state index in [1.807, 2.05) is 35.9 Å². The molecule has 2 aromatic heterocycles. The lowest BCUT2D eigenvalue weighted by atomic mass is 10.1. The summed E-state index contributed by atoms with van der Waals surface area (Å²) in [7, 11) is 3.51. The second-order valence-electron chi connectivity index (χ2n) is 6.45. The third kappa shape index (κ3) is 6.53. The molecule has 0 fully saturated rings. The summed E-state index contributed by atoms with van der Waals surface area (Å²) < 4.78 is 12.0. The smallest absolute Gasteiger partial charge is 0.311 e. The van der Waals surface area contributed by atoms with Crippen molar-refractivity contribution in [2.75, 3.05) is 24.8 Å². The number of benzene rings is 1. The number of esters is 1. The number of carbonyl (C=O) groups is 2. The second-order valence-corrected chi connectivity index (χ2v) is 8.25. The third-order valence-corrected chi connectivity index (χ3v) is 6.03. The van der Waals surface area contributed by atoms with E-state index in [4.69, 9.17) is 9.47 Å². The molecule has 11 heteroatoms. The number of ether oxygens (including phenoxy) is 2. The highest BCUT2D eigenvalue weighted by atomic mass is 32.2. The molecule has 3 rings (SSSR count). The summed E-state index contributed by atoms with van der Waals surface area (Å²) in [6.45, 7) is 2.08. The number of nitrogens with one attached hydrogen (secondary N) is 1. The van der Waals surface area contributed by atoms with E-state index >= 15 is 0 Å². The standard InChI is InChI=1S/C20H23N5O4S2/c1-4-29-18(27)10-14-11-30-19(21-14)22-17(26)12-31-20-24-23-16(25(20)2)9-13-5-7-15(28-3)8-6-13/h5-8,11H,4,9-10,12H2,1-3H3,(H,21,22,26). The Morgan fingerprint density at radius 2 is 2.00 bits per heavy atom. The van der Waals surface area contributed by atoms with Gasteiger partial charge in [0.15, 0.2) is 10.3 Å². The lowest BCUT2D eigenvalue weighted by Crippen LogP contribution is -2.14. The lowest BCUT2D eigenvalue weighted by Gasteiger charge is -2.05. The van der Waals surface area contributed by atoms with Crippen LogP contribution in [0.3, 0.4) is 0 Å². The summed E-state index contributed by atoms with van der Waals surface area (Å²) in [5, 5.41) is 14.0. The van der Waals surface area contributed by atoms with Gasteiger partial charge in [0, 0.05) is 18.8 Å². The normalized spacial score (nSPS) is 10.7. The number of thioether (sulfide) groups is 1. The fraction of sp³-hybridized carbons (Fsp3) is 0.350. The van der Waals surface area contributed by atoms with Crippen LogP contribution in [0.5, 0.6) is 5.75 Å². The van der Waals surface area contributed by atoms with Crippen molar-refractivity contribution >= 4 is 40.1 Å². The molecule has 31 heavy (non-hydrogen) atoms. The molecule has 0 aliphatic carbocycles. The van der Waals surface area contributed by atoms with Crippen LogP contribution in [0.4, 0.5) is 5.13 Å². The number of rotatable bonds is 10. The number of thiazole rings is 1. The molecule has 0 radical (unpaired) electrons. The van der Waals surface area contributed by atoms with Crippen LogP contribution in [-0.4, -0.2) is 51.1 Å². The van der Waals surface area contributed by atoms with Gasteiger partial charge in [-0.25, -0.2) is 4.98 Å². The van der Waals surface area contributed by atoms with E-state index in [1.165, 1.54) is 23.1 Å². The first-order valence-corrected chi connectivity index (χ1v) is 11.4. The molecule has 0 atom stereocenters. The number of methoxy groups -OCH3 is 1. The Morgan fingerprint density at radius 3 is 2.71 bits per heavy atom. The van der Waals surface area contributed by atoms with Crippen LogP contribution in [0, 0.1) is 0 Å². The van der Waals surface area contributed by atoms with Crippen LogP contribution in [0.1, 0.15) is 24.0 Å². The van der Waals surface area contributed by atoms with E-state index in [1.54, 1.807) is 19.4 Å². The number of hydrogen-bond acceptors (Lipinski definition) is 9. The van der Waals surface area contributed by atoms with E-state index < -0.39 is 0 Å². The molecule has 0 unspecified atom stereocenters. The maximum atomic E-state index is 12.3. The second kappa shape index (κ2) is 10.9. The first kappa shape index (κ1) is 22.8. The molecule has 0 saturated carbocycles. The molecule has 1 aromatic carbocycles. The summed E-state index contributed by atoms with van der Waals surface area (Å²) in [6.07, 6.45) is 0.716. The Morgan fingerprint density at radius 1 is 1.23 bits per heavy atom. The number of carbonyl (C=O) groups excluding carboxylic acids is 2. The van der Waals surface area contributed by atoms with Crippen LogP contribution in [0.25, 0.3) is 0 Å². The quantitative estimate of drug-likeness (QED) is 0.363. The first-order valence-electron chi connectivity index (χ1n) is 9.52. The zero-order chi connectivity index (χ0) is 22.2. The van der Waals surface area contributed by atoms with Crippen molar-refractivity contribution in [1.82, 2.24) is 19.7 Å². The van der Waals surface area contributed by atoms with Gasteiger partial charge in [0.25, 0.3) is 0 Å². The van der Waals surface area contributed by atoms with Gasteiger partial charge in [-0.05, 0) is 24.6 Å². The topological polar surface area (TPSA) is 108 Å². The van der Waals surface area contributed by atoms with Crippen molar-refractivity contribution in [2.45, 2.75) is 24.9 Å². The SMILES string of the molecule is CCOC(=O)Cc1csc(NC(=O)CSc2nnc(Cc3ccc(OC)cc3)n2C)n1. The van der Waals surface area contributed by atoms with E-state index in [0.29, 0.717) is 29.0 Å². The fourth-order valence-electron chi connectivity index (χ4n) is 2.64. The van der Waals surface area contributed by atoms with Gasteiger partial charge in [-0.2, -0.15) is 0 Å². The maximum absolute atomic E-state index is 12.3. The van der Waals surface area contributed by atoms with Crippen LogP contribution < -0.4 is 10.1 Å². The van der Waals surface area contributed by atoms with Gasteiger partial charge in [-0.15, -0.1) is 21.5 Å². The minimum Gasteiger partial charge on any atom is -0.497 e. The fourth-order valence-corrected chi connectivity index (χ4v) is 4.10. The summed E-state index contributed by atoms with van der Waals surface area (Å²) >= 11 is 2.56. The molecule has 9 nitrogen and oxygen atoms in total. The van der Waals surface area contributed by atoms with Crippen molar-refractivity contribution in [3.8, 4) is 5.75 Å². The predicted octanol–water partition coefficient (Wildman–Crippen LogP) is 2.71. The first-order chi connectivity index (χ1) is 15.0. The van der Waals surface area contributed by atoms with Crippen molar-refractivity contribution < 1.29 is 19.1 Å². The van der Waals surface area contributed by atoms with Gasteiger partial charge >= 0.3 is 5.97 Å². The van der Waals surface area contributed by atoms with Gasteiger partial charge in [0.1, 0.15) is 11.6 Å². The van der Waals surface area contributed by atoms with Crippen molar-refractivity contribution in [1.29, 1.82) is 0 Å². The molecule has 2 heterocycles. The molecule has 0 aliphatic heterocycles. The molecular formula is C20H23N5O4S2. The van der Waals surface area contributed by atoms with E-state index in [-0.39, 0.29) is 24.1 Å². The predicted molar refractivity (Wildman–Crippen MR) is 119 cm³/mol. The molecule has 1 N–H and O–H groups in total. The van der Waals surface area contributed by atoms with Crippen LogP contribution in [-0.2, 0) is 34.2 Å². The zero-order valence-electron chi connectivity index (χ0n) is 17.5. The summed E-state index contributed by atoms with van der Waals surface area (Å²) in [5.41, 5.74) is 1.66. The number of aromatic nitrogens is 4. The highest BCUT2D eigenvalue weighted by Gasteiger charge is 2.14. The molecule has 164 valence electrons. The molecule has 3 aromatic rings. The molecule has 0 saturated heterocycles. The molecule has 0 bridgehead atoms. The van der Waals surface area contributed by atoms with Gasteiger partial charge in [0.2, 0.25) is 5.91 Å². The number of amides is 1. The number of hydrogen-bond donors (Lipinski definition) is 1. The van der Waals surface area contributed by atoms with E-state index in [2.05, 4.69) is 20.5 Å². The summed E-state index contributed by atoms with van der Waals surface area (Å²) in [6, 6.07) is 7.78. The van der Waals surface area contributed by atoms with Crippen molar-refractivity contribution in [3.63, 3.8) is 0 Å². The zero-order valence-corrected chi connectivity index (χ0v) is 19.1. The van der Waals surface area contributed by atoms with Gasteiger partial charge in [0.05, 0.1) is 31.6 Å². The van der Waals surface area contributed by atoms with E-state index in [9.17, 15) is 9.59 Å². The van der Waals surface area contributed by atoms with Crippen molar-refractivity contribution in [2.24, 2.45) is 7.05 Å². The van der Waals surface area contributed by atoms with Crippen LogP contribution >= 0.6 is 23.1 Å². The van der Waals surface area contributed by atoms with Gasteiger partial charge < -0.3 is 19.4 Å². The average molecular weight is 462 g/mol. The van der Waals surface area contributed by atoms with Crippen molar-refractivity contribution in [3.05, 3.63) is 46.7 Å². The Hall–Kier alpha value is -2.92. The van der Waals surface area contributed by atoms with Gasteiger partial charge in [-0.3, -0.25) is 9.59 Å². The van der Waals surface area contributed by atoms with Crippen LogP contribution in [0.15, 0.2) is 34.8 Å². The van der Waals surface area contributed by atoms with Crippen LogP contribution in [0.2, 0.25) is 0 Å². The van der Waals surface area contributed by atoms with Gasteiger partial charge in [-0.1, -0.05) is 23.9 Å². The monoisotopic (exact) mass is 461 g/mol.